The number of ether oxygens (including phenoxy) is 2. The molecule has 31 heavy (non-hydrogen) atoms. The average Bonchev–Trinajstić information content (AvgIpc) is 2.80. The second kappa shape index (κ2) is 10.8. The molecule has 1 aliphatic rings. The Morgan fingerprint density at radius 3 is 2.29 bits per heavy atom. The fourth-order valence-corrected chi connectivity index (χ4v) is 3.82. The molecule has 2 aromatic carbocycles. The minimum absolute atomic E-state index is 0.0840. The first-order valence-corrected chi connectivity index (χ1v) is 10.7. The minimum atomic E-state index is -0.621. The number of hydrogen-bond acceptors (Lipinski definition) is 5. The Hall–Kier alpha value is -3.15. The Bertz CT molecular complexity index is 894. The number of rotatable bonds is 8. The van der Waals surface area contributed by atoms with Crippen molar-refractivity contribution in [1.82, 2.24) is 5.32 Å². The second-order valence-electron chi connectivity index (χ2n) is 8.11. The molecule has 0 radical (unpaired) electrons. The van der Waals surface area contributed by atoms with Crippen molar-refractivity contribution in [3.05, 3.63) is 65.7 Å². The highest BCUT2D eigenvalue weighted by molar-refractivity contribution is 6.08. The molecule has 6 nitrogen and oxygen atoms in total. The highest BCUT2D eigenvalue weighted by Crippen LogP contribution is 2.29. The number of esters is 1. The average molecular weight is 424 g/mol. The van der Waals surface area contributed by atoms with E-state index in [9.17, 15) is 14.4 Å². The number of carbonyl (C=O) groups excluding carboxylic acids is 3. The van der Waals surface area contributed by atoms with Crippen molar-refractivity contribution in [2.75, 3.05) is 13.2 Å². The molecule has 1 amide bonds. The molecule has 0 aromatic heterocycles. The number of benzene rings is 2. The maximum Gasteiger partial charge on any atom is 0.344 e. The van der Waals surface area contributed by atoms with Crippen LogP contribution in [0.1, 0.15) is 49.0 Å². The van der Waals surface area contributed by atoms with E-state index in [1.165, 1.54) is 6.42 Å². The van der Waals surface area contributed by atoms with Gasteiger partial charge in [-0.3, -0.25) is 9.59 Å². The van der Waals surface area contributed by atoms with Gasteiger partial charge < -0.3 is 14.8 Å². The van der Waals surface area contributed by atoms with E-state index in [2.05, 4.69) is 19.2 Å². The molecule has 1 N–H and O–H groups in total. The van der Waals surface area contributed by atoms with E-state index in [1.54, 1.807) is 36.4 Å². The van der Waals surface area contributed by atoms with Crippen LogP contribution in [0.3, 0.4) is 0 Å². The van der Waals surface area contributed by atoms with Crippen LogP contribution in [0.5, 0.6) is 5.75 Å². The van der Waals surface area contributed by atoms with E-state index in [0.717, 1.165) is 12.8 Å². The van der Waals surface area contributed by atoms with Crippen LogP contribution in [0.15, 0.2) is 54.6 Å². The SMILES string of the molecule is C[C@@H]1[C@@H](C)CCC[C@H]1NC(=O)COC(=O)COc1ccc(C(=O)c2ccccc2)cc1. The van der Waals surface area contributed by atoms with E-state index < -0.39 is 5.97 Å². The molecule has 3 atom stereocenters. The van der Waals surface area contributed by atoms with Crippen LogP contribution in [0, 0.1) is 11.8 Å². The second-order valence-corrected chi connectivity index (χ2v) is 8.11. The van der Waals surface area contributed by atoms with Crippen molar-refractivity contribution < 1.29 is 23.9 Å². The zero-order chi connectivity index (χ0) is 22.2. The van der Waals surface area contributed by atoms with Crippen LogP contribution in [0.2, 0.25) is 0 Å². The lowest BCUT2D eigenvalue weighted by atomic mass is 9.78. The minimum Gasteiger partial charge on any atom is -0.482 e. The molecule has 1 fully saturated rings. The van der Waals surface area contributed by atoms with Crippen molar-refractivity contribution in [3.8, 4) is 5.75 Å². The van der Waals surface area contributed by atoms with Gasteiger partial charge in [0.25, 0.3) is 5.91 Å². The molecule has 0 spiro atoms. The van der Waals surface area contributed by atoms with Gasteiger partial charge in [-0.2, -0.15) is 0 Å². The Labute approximate surface area is 182 Å². The zero-order valence-corrected chi connectivity index (χ0v) is 18.0. The summed E-state index contributed by atoms with van der Waals surface area (Å²) in [4.78, 5) is 36.4. The highest BCUT2D eigenvalue weighted by atomic mass is 16.6. The lowest BCUT2D eigenvalue weighted by Gasteiger charge is -2.34. The summed E-state index contributed by atoms with van der Waals surface area (Å²) >= 11 is 0. The summed E-state index contributed by atoms with van der Waals surface area (Å²) in [6.07, 6.45) is 3.23. The largest absolute Gasteiger partial charge is 0.482 e. The first kappa shape index (κ1) is 22.5. The number of amides is 1. The van der Waals surface area contributed by atoms with Crippen LogP contribution in [0.4, 0.5) is 0 Å². The molecule has 1 saturated carbocycles. The van der Waals surface area contributed by atoms with Crippen molar-refractivity contribution in [1.29, 1.82) is 0 Å². The quantitative estimate of drug-likeness (QED) is 0.516. The Kier molecular flexibility index (Phi) is 7.82. The first-order chi connectivity index (χ1) is 14.9. The Morgan fingerprint density at radius 2 is 1.58 bits per heavy atom. The topological polar surface area (TPSA) is 81.7 Å². The van der Waals surface area contributed by atoms with Crippen LogP contribution in [-0.4, -0.2) is 36.9 Å². The van der Waals surface area contributed by atoms with Crippen molar-refractivity contribution in [2.24, 2.45) is 11.8 Å². The van der Waals surface area contributed by atoms with Gasteiger partial charge in [-0.25, -0.2) is 4.79 Å². The van der Waals surface area contributed by atoms with Gasteiger partial charge in [0.15, 0.2) is 19.0 Å². The first-order valence-electron chi connectivity index (χ1n) is 10.7. The van der Waals surface area contributed by atoms with E-state index in [0.29, 0.717) is 28.7 Å². The fourth-order valence-electron chi connectivity index (χ4n) is 3.82. The molecule has 0 aliphatic heterocycles. The van der Waals surface area contributed by atoms with Crippen molar-refractivity contribution in [3.63, 3.8) is 0 Å². The number of carbonyl (C=O) groups is 3. The summed E-state index contributed by atoms with van der Waals surface area (Å²) in [6, 6.07) is 15.7. The molecule has 0 heterocycles. The standard InChI is InChI=1S/C25H29NO5/c1-17-7-6-10-22(18(17)2)26-23(27)15-31-24(28)16-30-21-13-11-20(12-14-21)25(29)19-8-4-3-5-9-19/h3-5,8-9,11-14,17-18,22H,6-7,10,15-16H2,1-2H3,(H,26,27)/t17-,18+,22+/m0/s1. The van der Waals surface area contributed by atoms with Gasteiger partial charge in [0, 0.05) is 17.2 Å². The molecular weight excluding hydrogens is 394 g/mol. The van der Waals surface area contributed by atoms with Crippen LogP contribution in [0.25, 0.3) is 0 Å². The fraction of sp³-hybridized carbons (Fsp3) is 0.400. The summed E-state index contributed by atoms with van der Waals surface area (Å²) in [5.74, 6) is 0.431. The lowest BCUT2D eigenvalue weighted by Crippen LogP contribution is -2.45. The van der Waals surface area contributed by atoms with Gasteiger partial charge in [0.1, 0.15) is 5.75 Å². The van der Waals surface area contributed by atoms with Gasteiger partial charge in [-0.1, -0.05) is 57.0 Å². The normalized spacial score (nSPS) is 20.5. The zero-order valence-electron chi connectivity index (χ0n) is 18.0. The highest BCUT2D eigenvalue weighted by Gasteiger charge is 2.28. The predicted molar refractivity (Wildman–Crippen MR) is 117 cm³/mol. The van der Waals surface area contributed by atoms with Gasteiger partial charge in [-0.05, 0) is 42.5 Å². The number of ketones is 1. The Balaban J connectivity index is 1.40. The molecule has 3 rings (SSSR count). The van der Waals surface area contributed by atoms with Crippen LogP contribution in [-0.2, 0) is 14.3 Å². The lowest BCUT2D eigenvalue weighted by molar-refractivity contribution is -0.150. The van der Waals surface area contributed by atoms with Crippen LogP contribution >= 0.6 is 0 Å². The Morgan fingerprint density at radius 1 is 0.903 bits per heavy atom. The maximum atomic E-state index is 12.4. The summed E-state index contributed by atoms with van der Waals surface area (Å²) in [5, 5.41) is 2.97. The van der Waals surface area contributed by atoms with Gasteiger partial charge in [-0.15, -0.1) is 0 Å². The molecule has 0 bridgehead atoms. The predicted octanol–water partition coefficient (Wildman–Crippen LogP) is 3.78. The van der Waals surface area contributed by atoms with Gasteiger partial charge in [0.05, 0.1) is 0 Å². The smallest absolute Gasteiger partial charge is 0.344 e. The van der Waals surface area contributed by atoms with E-state index in [-0.39, 0.29) is 30.9 Å². The van der Waals surface area contributed by atoms with Gasteiger partial charge in [0.2, 0.25) is 0 Å². The number of hydrogen-bond donors (Lipinski definition) is 1. The van der Waals surface area contributed by atoms with Crippen molar-refractivity contribution >= 4 is 17.7 Å². The molecule has 164 valence electrons. The third kappa shape index (κ3) is 6.41. The summed E-state index contributed by atoms with van der Waals surface area (Å²) in [5.41, 5.74) is 1.14. The maximum absolute atomic E-state index is 12.4. The summed E-state index contributed by atoms with van der Waals surface area (Å²) < 4.78 is 10.4. The third-order valence-electron chi connectivity index (χ3n) is 5.93. The summed E-state index contributed by atoms with van der Waals surface area (Å²) in [7, 11) is 0. The molecule has 2 aromatic rings. The molecule has 0 saturated heterocycles. The van der Waals surface area contributed by atoms with Crippen molar-refractivity contribution in [2.45, 2.75) is 39.2 Å². The monoisotopic (exact) mass is 423 g/mol. The van der Waals surface area contributed by atoms with Crippen LogP contribution < -0.4 is 10.1 Å². The number of nitrogens with one attached hydrogen (secondary N) is 1. The van der Waals surface area contributed by atoms with E-state index >= 15 is 0 Å². The molecule has 0 unspecified atom stereocenters. The van der Waals surface area contributed by atoms with Gasteiger partial charge >= 0.3 is 5.97 Å². The molecule has 1 aliphatic carbocycles. The molecular formula is C25H29NO5. The third-order valence-corrected chi connectivity index (χ3v) is 5.93. The van der Waals surface area contributed by atoms with E-state index in [4.69, 9.17) is 9.47 Å². The summed E-state index contributed by atoms with van der Waals surface area (Å²) in [6.45, 7) is 3.72. The van der Waals surface area contributed by atoms with E-state index in [1.807, 2.05) is 18.2 Å². The molecule has 6 heteroatoms.